The van der Waals surface area contributed by atoms with Gasteiger partial charge in [-0.3, -0.25) is 0 Å². The number of aromatic nitrogens is 1. The predicted octanol–water partition coefficient (Wildman–Crippen LogP) is 3.53. The van der Waals surface area contributed by atoms with E-state index in [0.717, 1.165) is 16.3 Å². The van der Waals surface area contributed by atoms with Crippen LogP contribution in [0.3, 0.4) is 0 Å². The van der Waals surface area contributed by atoms with Crippen LogP contribution in [0.1, 0.15) is 16.3 Å². The summed E-state index contributed by atoms with van der Waals surface area (Å²) >= 11 is 7.55. The maximum absolute atomic E-state index is 12.8. The maximum atomic E-state index is 12.8. The maximum Gasteiger partial charge on any atom is 0.124 e. The number of nitrogens with one attached hydrogen (secondary N) is 1. The zero-order chi connectivity index (χ0) is 12.3. The highest BCUT2D eigenvalue weighted by Crippen LogP contribution is 2.17. The summed E-state index contributed by atoms with van der Waals surface area (Å²) < 4.78 is 12.8. The zero-order valence-electron chi connectivity index (χ0n) is 9.34. The van der Waals surface area contributed by atoms with Gasteiger partial charge in [0.1, 0.15) is 10.8 Å². The monoisotopic (exact) mass is 270 g/mol. The molecule has 0 spiro atoms. The summed E-state index contributed by atoms with van der Waals surface area (Å²) in [5.74, 6) is -0.311. The molecule has 0 saturated heterocycles. The first-order valence-corrected chi connectivity index (χ1v) is 6.46. The lowest BCUT2D eigenvalue weighted by molar-refractivity contribution is 0.625. The van der Waals surface area contributed by atoms with Crippen molar-refractivity contribution in [3.8, 4) is 0 Å². The molecule has 1 aromatic heterocycles. The molecule has 5 heteroatoms. The summed E-state index contributed by atoms with van der Waals surface area (Å²) in [7, 11) is 0. The summed E-state index contributed by atoms with van der Waals surface area (Å²) in [6, 6.07) is 4.43. The highest BCUT2D eigenvalue weighted by molar-refractivity contribution is 7.09. The van der Waals surface area contributed by atoms with Crippen LogP contribution in [0, 0.1) is 12.7 Å². The molecule has 2 nitrogen and oxygen atoms in total. The Balaban J connectivity index is 1.90. The second kappa shape index (κ2) is 5.58. The van der Waals surface area contributed by atoms with Crippen molar-refractivity contribution in [3.05, 3.63) is 50.7 Å². The van der Waals surface area contributed by atoms with Crippen molar-refractivity contribution in [3.63, 3.8) is 0 Å². The number of nitrogens with zero attached hydrogens (tertiary/aromatic N) is 1. The molecule has 17 heavy (non-hydrogen) atoms. The molecule has 0 fully saturated rings. The molecule has 0 bridgehead atoms. The van der Waals surface area contributed by atoms with Crippen LogP contribution in [-0.4, -0.2) is 4.98 Å². The molecular formula is C12H12ClFN2S. The van der Waals surface area contributed by atoms with Crippen molar-refractivity contribution in [1.82, 2.24) is 10.3 Å². The Morgan fingerprint density at radius 1 is 1.41 bits per heavy atom. The number of benzene rings is 1. The van der Waals surface area contributed by atoms with Gasteiger partial charge in [0.15, 0.2) is 0 Å². The SMILES string of the molecule is Cc1csc(CNCc2ccc(F)cc2Cl)n1. The van der Waals surface area contributed by atoms with Crippen molar-refractivity contribution in [2.45, 2.75) is 20.0 Å². The van der Waals surface area contributed by atoms with Crippen LogP contribution in [0.15, 0.2) is 23.6 Å². The molecule has 0 aliphatic rings. The minimum absolute atomic E-state index is 0.311. The van der Waals surface area contributed by atoms with E-state index in [0.29, 0.717) is 18.1 Å². The molecule has 0 aliphatic heterocycles. The van der Waals surface area contributed by atoms with E-state index in [1.165, 1.54) is 12.1 Å². The summed E-state index contributed by atoms with van der Waals surface area (Å²) in [6.45, 7) is 3.28. The molecule has 1 heterocycles. The molecular weight excluding hydrogens is 259 g/mol. The standard InChI is InChI=1S/C12H12ClFN2S/c1-8-7-17-12(16-8)6-15-5-9-2-3-10(14)4-11(9)13/h2-4,7,15H,5-6H2,1H3. The summed E-state index contributed by atoms with van der Waals surface area (Å²) in [5, 5.41) is 6.74. The fourth-order valence-electron chi connectivity index (χ4n) is 1.45. The summed E-state index contributed by atoms with van der Waals surface area (Å²) in [5.41, 5.74) is 1.92. The van der Waals surface area contributed by atoms with Gasteiger partial charge in [0.2, 0.25) is 0 Å². The van der Waals surface area contributed by atoms with Crippen LogP contribution < -0.4 is 5.32 Å². The van der Waals surface area contributed by atoms with Gasteiger partial charge in [-0.1, -0.05) is 17.7 Å². The van der Waals surface area contributed by atoms with Crippen molar-refractivity contribution in [2.75, 3.05) is 0 Å². The third-order valence-electron chi connectivity index (χ3n) is 2.27. The highest BCUT2D eigenvalue weighted by Gasteiger charge is 2.02. The molecule has 1 N–H and O–H groups in total. The molecule has 2 aromatic rings. The summed E-state index contributed by atoms with van der Waals surface area (Å²) in [6.07, 6.45) is 0. The lowest BCUT2D eigenvalue weighted by atomic mass is 10.2. The van der Waals surface area contributed by atoms with Crippen LogP contribution >= 0.6 is 22.9 Å². The third-order valence-corrected chi connectivity index (χ3v) is 3.59. The molecule has 0 saturated carbocycles. The number of hydrogen-bond acceptors (Lipinski definition) is 3. The van der Waals surface area contributed by atoms with Gasteiger partial charge >= 0.3 is 0 Å². The molecule has 0 unspecified atom stereocenters. The van der Waals surface area contributed by atoms with Crippen molar-refractivity contribution < 1.29 is 4.39 Å². The minimum atomic E-state index is -0.311. The lowest BCUT2D eigenvalue weighted by Crippen LogP contribution is -2.12. The van der Waals surface area contributed by atoms with E-state index in [9.17, 15) is 4.39 Å². The van der Waals surface area contributed by atoms with Gasteiger partial charge in [-0.25, -0.2) is 9.37 Å². The van der Waals surface area contributed by atoms with Crippen LogP contribution in [0.25, 0.3) is 0 Å². The number of hydrogen-bond donors (Lipinski definition) is 1. The zero-order valence-corrected chi connectivity index (χ0v) is 10.9. The fourth-order valence-corrected chi connectivity index (χ4v) is 2.43. The molecule has 2 rings (SSSR count). The van der Waals surface area contributed by atoms with Gasteiger partial charge in [-0.05, 0) is 24.6 Å². The van der Waals surface area contributed by atoms with E-state index in [-0.39, 0.29) is 5.82 Å². The Bertz CT molecular complexity index is 513. The second-order valence-corrected chi connectivity index (χ2v) is 5.07. The van der Waals surface area contributed by atoms with Crippen molar-refractivity contribution in [1.29, 1.82) is 0 Å². The summed E-state index contributed by atoms with van der Waals surface area (Å²) in [4.78, 5) is 4.34. The Hall–Kier alpha value is -0.970. The number of aryl methyl sites for hydroxylation is 1. The molecule has 90 valence electrons. The van der Waals surface area contributed by atoms with E-state index in [4.69, 9.17) is 11.6 Å². The largest absolute Gasteiger partial charge is 0.306 e. The van der Waals surface area contributed by atoms with Crippen LogP contribution in [-0.2, 0) is 13.1 Å². The van der Waals surface area contributed by atoms with E-state index in [2.05, 4.69) is 10.3 Å². The average molecular weight is 271 g/mol. The molecule has 0 amide bonds. The van der Waals surface area contributed by atoms with E-state index < -0.39 is 0 Å². The highest BCUT2D eigenvalue weighted by atomic mass is 35.5. The molecule has 0 radical (unpaired) electrons. The second-order valence-electron chi connectivity index (χ2n) is 3.72. The molecule has 1 aromatic carbocycles. The van der Waals surface area contributed by atoms with Gasteiger partial charge in [0, 0.05) is 29.2 Å². The minimum Gasteiger partial charge on any atom is -0.306 e. The van der Waals surface area contributed by atoms with Crippen LogP contribution in [0.4, 0.5) is 4.39 Å². The fraction of sp³-hybridized carbons (Fsp3) is 0.250. The quantitative estimate of drug-likeness (QED) is 0.919. The van der Waals surface area contributed by atoms with Gasteiger partial charge in [-0.15, -0.1) is 11.3 Å². The van der Waals surface area contributed by atoms with E-state index >= 15 is 0 Å². The normalized spacial score (nSPS) is 10.8. The molecule has 0 aliphatic carbocycles. The first-order valence-electron chi connectivity index (χ1n) is 5.21. The Morgan fingerprint density at radius 3 is 2.88 bits per heavy atom. The van der Waals surface area contributed by atoms with E-state index in [1.807, 2.05) is 12.3 Å². The topological polar surface area (TPSA) is 24.9 Å². The number of thiazole rings is 1. The Labute approximate surface area is 108 Å². The van der Waals surface area contributed by atoms with Crippen molar-refractivity contribution >= 4 is 22.9 Å². The van der Waals surface area contributed by atoms with Gasteiger partial charge in [-0.2, -0.15) is 0 Å². The van der Waals surface area contributed by atoms with Gasteiger partial charge in [0.25, 0.3) is 0 Å². The number of halogens is 2. The smallest absolute Gasteiger partial charge is 0.124 e. The Kier molecular flexibility index (Phi) is 4.10. The first kappa shape index (κ1) is 12.5. The average Bonchev–Trinajstić information content (AvgIpc) is 2.68. The number of rotatable bonds is 4. The van der Waals surface area contributed by atoms with E-state index in [1.54, 1.807) is 17.4 Å². The predicted molar refractivity (Wildman–Crippen MR) is 68.8 cm³/mol. The Morgan fingerprint density at radius 2 is 2.24 bits per heavy atom. The lowest BCUT2D eigenvalue weighted by Gasteiger charge is -2.05. The van der Waals surface area contributed by atoms with Gasteiger partial charge < -0.3 is 5.32 Å². The van der Waals surface area contributed by atoms with Crippen LogP contribution in [0.5, 0.6) is 0 Å². The van der Waals surface area contributed by atoms with Crippen molar-refractivity contribution in [2.24, 2.45) is 0 Å². The third kappa shape index (κ3) is 3.49. The van der Waals surface area contributed by atoms with Crippen LogP contribution in [0.2, 0.25) is 5.02 Å². The molecule has 0 atom stereocenters. The van der Waals surface area contributed by atoms with Gasteiger partial charge in [0.05, 0.1) is 0 Å². The first-order chi connectivity index (χ1) is 8.15.